The Bertz CT molecular complexity index is 1370. The number of anilines is 1. The number of likely N-dealkylation sites (N-methyl/N-ethyl adjacent to an activating group) is 1. The molecule has 1 aromatic carbocycles. The highest BCUT2D eigenvalue weighted by Crippen LogP contribution is 2.49. The number of epoxide rings is 1. The summed E-state index contributed by atoms with van der Waals surface area (Å²) >= 11 is 6.69. The minimum atomic E-state index is -1.78. The maximum absolute atomic E-state index is 13.8. The molecule has 2 saturated heterocycles. The lowest BCUT2D eigenvalue weighted by Gasteiger charge is -2.42. The SMILES string of the molecule is CN[C@@H](C)C(=O)O[C@H]1CC(=O)N(C)c2cc(cc(OC)c2Cl)C/C(C)=C/C=C/[C@@H](OC)[C@@]2(O)C[C@H](OC(=O)N2)[C@@H](C)[C@H]2O[C@@]12C. The van der Waals surface area contributed by atoms with Crippen molar-refractivity contribution < 1.29 is 43.2 Å². The molecule has 45 heavy (non-hydrogen) atoms. The number of rotatable bonds is 5. The van der Waals surface area contributed by atoms with E-state index in [2.05, 4.69) is 10.6 Å². The molecule has 2 amide bonds. The van der Waals surface area contributed by atoms with Gasteiger partial charge in [0.2, 0.25) is 5.91 Å². The van der Waals surface area contributed by atoms with Crippen LogP contribution in [0.5, 0.6) is 5.75 Å². The standard InChI is InChI=1S/C32H44ClN3O9/c1-17-10-9-11-24(42-8)32(40)16-23(43-30(39)35-32)18(2)28-31(4,45-28)25(44-29(38)19(3)34-5)15-26(37)36(6)21-13-20(12-17)14-22(41-7)27(21)33/h9-11,13-14,18-19,23-25,28,34,40H,12,15-16H2,1-8H3,(H,35,39)/b11-9+,17-10+/t18-,19+,23+,24-,25+,28-,31+,32+/m1/s1. The van der Waals surface area contributed by atoms with Crippen molar-refractivity contribution in [2.75, 3.05) is 33.2 Å². The Kier molecular flexibility index (Phi) is 10.6. The number of allylic oxidation sites excluding steroid dienone is 3. The van der Waals surface area contributed by atoms with Crippen LogP contribution in [0.1, 0.15) is 46.1 Å². The van der Waals surface area contributed by atoms with Crippen molar-refractivity contribution in [3.8, 4) is 5.75 Å². The summed E-state index contributed by atoms with van der Waals surface area (Å²) in [5, 5.41) is 17.2. The number of nitrogens with zero attached hydrogens (tertiary/aromatic N) is 1. The molecule has 3 aliphatic rings. The summed E-state index contributed by atoms with van der Waals surface area (Å²) in [6.07, 6.45) is 1.52. The van der Waals surface area contributed by atoms with Crippen LogP contribution >= 0.6 is 11.6 Å². The van der Waals surface area contributed by atoms with E-state index in [1.807, 2.05) is 26.0 Å². The van der Waals surface area contributed by atoms with E-state index >= 15 is 0 Å². The molecule has 0 aromatic heterocycles. The molecule has 3 N–H and O–H groups in total. The second kappa shape index (κ2) is 13.7. The van der Waals surface area contributed by atoms with Crippen molar-refractivity contribution in [1.29, 1.82) is 0 Å². The Morgan fingerprint density at radius 2 is 2.00 bits per heavy atom. The second-order valence-electron chi connectivity index (χ2n) is 12.2. The summed E-state index contributed by atoms with van der Waals surface area (Å²) < 4.78 is 28.8. The summed E-state index contributed by atoms with van der Waals surface area (Å²) in [7, 11) is 6.18. The van der Waals surface area contributed by atoms with Gasteiger partial charge < -0.3 is 39.0 Å². The summed E-state index contributed by atoms with van der Waals surface area (Å²) in [5.41, 5.74) is -0.646. The molecule has 1 aromatic rings. The molecule has 0 aliphatic carbocycles. The number of carbonyl (C=O) groups excluding carboxylic acids is 3. The highest BCUT2D eigenvalue weighted by atomic mass is 35.5. The minimum Gasteiger partial charge on any atom is -0.495 e. The quantitative estimate of drug-likeness (QED) is 0.321. The Hall–Kier alpha value is -3.16. The first kappa shape index (κ1) is 34.7. The molecule has 2 fully saturated rings. The number of amides is 2. The molecule has 4 rings (SSSR count). The fraction of sp³-hybridized carbons (Fsp3) is 0.594. The molecule has 0 saturated carbocycles. The number of esters is 1. The lowest BCUT2D eigenvalue weighted by Crippen LogP contribution is -2.63. The summed E-state index contributed by atoms with van der Waals surface area (Å²) in [6.45, 7) is 7.17. The first-order valence-corrected chi connectivity index (χ1v) is 15.3. The number of ether oxygens (including phenoxy) is 5. The van der Waals surface area contributed by atoms with Gasteiger partial charge in [-0.05, 0) is 51.9 Å². The van der Waals surface area contributed by atoms with Gasteiger partial charge in [0.25, 0.3) is 0 Å². The van der Waals surface area contributed by atoms with Crippen molar-refractivity contribution in [2.45, 2.75) is 88.7 Å². The van der Waals surface area contributed by atoms with Crippen molar-refractivity contribution in [3.63, 3.8) is 0 Å². The Morgan fingerprint density at radius 1 is 1.29 bits per heavy atom. The number of hydrogen-bond acceptors (Lipinski definition) is 10. The Morgan fingerprint density at radius 3 is 2.64 bits per heavy atom. The summed E-state index contributed by atoms with van der Waals surface area (Å²) in [6, 6.07) is 2.99. The lowest BCUT2D eigenvalue weighted by atomic mass is 9.83. The van der Waals surface area contributed by atoms with Crippen molar-refractivity contribution >= 4 is 35.3 Å². The van der Waals surface area contributed by atoms with E-state index in [4.69, 9.17) is 35.3 Å². The lowest BCUT2D eigenvalue weighted by molar-refractivity contribution is -0.155. The molecule has 8 atom stereocenters. The number of alkyl carbamates (subject to hydrolysis) is 1. The van der Waals surface area contributed by atoms with E-state index in [1.54, 1.807) is 46.2 Å². The molecule has 248 valence electrons. The topological polar surface area (TPSA) is 148 Å². The van der Waals surface area contributed by atoms with Gasteiger partial charge in [-0.1, -0.05) is 42.3 Å². The first-order valence-electron chi connectivity index (χ1n) is 14.9. The highest BCUT2D eigenvalue weighted by Gasteiger charge is 2.64. The summed E-state index contributed by atoms with van der Waals surface area (Å²) in [4.78, 5) is 40.9. The molecule has 0 unspecified atom stereocenters. The van der Waals surface area contributed by atoms with E-state index in [1.165, 1.54) is 19.1 Å². The predicted octanol–water partition coefficient (Wildman–Crippen LogP) is 3.28. The predicted molar refractivity (Wildman–Crippen MR) is 167 cm³/mol. The number of fused-ring (bicyclic) bond motifs is 5. The maximum Gasteiger partial charge on any atom is 0.409 e. The van der Waals surface area contributed by atoms with Crippen LogP contribution in [0.4, 0.5) is 10.5 Å². The monoisotopic (exact) mass is 649 g/mol. The number of carbonyl (C=O) groups is 3. The van der Waals surface area contributed by atoms with Crippen LogP contribution < -0.4 is 20.3 Å². The average Bonchev–Trinajstić information content (AvgIpc) is 3.69. The number of methoxy groups -OCH3 is 2. The molecule has 0 radical (unpaired) electrons. The third-order valence-corrected chi connectivity index (χ3v) is 9.38. The van der Waals surface area contributed by atoms with Crippen LogP contribution in [0.15, 0.2) is 35.9 Å². The second-order valence-corrected chi connectivity index (χ2v) is 12.6. The van der Waals surface area contributed by atoms with Crippen LogP contribution in [0.25, 0.3) is 0 Å². The minimum absolute atomic E-state index is 0.00553. The molecule has 3 heterocycles. The third-order valence-electron chi connectivity index (χ3n) is 9.00. The van der Waals surface area contributed by atoms with E-state index in [0.29, 0.717) is 17.9 Å². The average molecular weight is 650 g/mol. The Labute approximate surface area is 269 Å². The van der Waals surface area contributed by atoms with Gasteiger partial charge >= 0.3 is 12.1 Å². The highest BCUT2D eigenvalue weighted by molar-refractivity contribution is 6.35. The number of benzene rings is 1. The van der Waals surface area contributed by atoms with E-state index < -0.39 is 59.8 Å². The fourth-order valence-electron chi connectivity index (χ4n) is 5.97. The van der Waals surface area contributed by atoms with E-state index in [0.717, 1.165) is 11.1 Å². The maximum atomic E-state index is 13.8. The normalized spacial score (nSPS) is 34.8. The van der Waals surface area contributed by atoms with Gasteiger partial charge in [-0.25, -0.2) is 4.79 Å². The van der Waals surface area contributed by atoms with E-state index in [-0.39, 0.29) is 23.8 Å². The van der Waals surface area contributed by atoms with Gasteiger partial charge in [-0.15, -0.1) is 0 Å². The van der Waals surface area contributed by atoms with Gasteiger partial charge in [-0.2, -0.15) is 0 Å². The molecule has 4 bridgehead atoms. The van der Waals surface area contributed by atoms with Crippen LogP contribution in [0.3, 0.4) is 0 Å². The van der Waals surface area contributed by atoms with Gasteiger partial charge in [0.1, 0.15) is 40.7 Å². The molecule has 13 heteroatoms. The smallest absolute Gasteiger partial charge is 0.409 e. The number of halogens is 1. The largest absolute Gasteiger partial charge is 0.495 e. The first-order chi connectivity index (χ1) is 21.2. The van der Waals surface area contributed by atoms with Gasteiger partial charge in [0, 0.05) is 26.5 Å². The van der Waals surface area contributed by atoms with Crippen molar-refractivity contribution in [1.82, 2.24) is 10.6 Å². The van der Waals surface area contributed by atoms with Crippen LogP contribution in [0, 0.1) is 5.92 Å². The zero-order valence-corrected chi connectivity index (χ0v) is 27.8. The zero-order valence-electron chi connectivity index (χ0n) is 27.0. The van der Waals surface area contributed by atoms with Crippen LogP contribution in [-0.2, 0) is 35.0 Å². The Balaban J connectivity index is 1.80. The summed E-state index contributed by atoms with van der Waals surface area (Å²) in [5.74, 6) is -0.974. The van der Waals surface area contributed by atoms with E-state index in [9.17, 15) is 19.5 Å². The van der Waals surface area contributed by atoms with Crippen LogP contribution in [-0.4, -0.2) is 93.2 Å². The fourth-order valence-corrected chi connectivity index (χ4v) is 6.28. The molecular formula is C32H44ClN3O9. The van der Waals surface area contributed by atoms with Crippen LogP contribution in [0.2, 0.25) is 5.02 Å². The number of nitrogens with one attached hydrogen (secondary N) is 2. The zero-order chi connectivity index (χ0) is 33.3. The van der Waals surface area contributed by atoms with Gasteiger partial charge in [0.15, 0.2) is 5.72 Å². The van der Waals surface area contributed by atoms with Gasteiger partial charge in [-0.3, -0.25) is 14.9 Å². The number of aliphatic hydroxyl groups is 1. The molecule has 3 aliphatic heterocycles. The molecule has 0 spiro atoms. The molecule has 12 nitrogen and oxygen atoms in total. The number of hydrogen-bond donors (Lipinski definition) is 3. The third kappa shape index (κ3) is 7.30. The van der Waals surface area contributed by atoms with Crippen molar-refractivity contribution in [2.24, 2.45) is 5.92 Å². The van der Waals surface area contributed by atoms with Gasteiger partial charge in [0.05, 0.1) is 25.3 Å². The molecular weight excluding hydrogens is 606 g/mol. The van der Waals surface area contributed by atoms with Crippen molar-refractivity contribution in [3.05, 3.63) is 46.5 Å².